The zero-order chi connectivity index (χ0) is 12.1. The van der Waals surface area contributed by atoms with E-state index in [9.17, 15) is 0 Å². The summed E-state index contributed by atoms with van der Waals surface area (Å²) in [5, 5.41) is 19.8. The van der Waals surface area contributed by atoms with E-state index in [4.69, 9.17) is 10.8 Å². The molecule has 2 rings (SSSR count). The van der Waals surface area contributed by atoms with Crippen molar-refractivity contribution in [3.8, 4) is 0 Å². The molecular formula is C11H19N5O. The summed E-state index contributed by atoms with van der Waals surface area (Å²) >= 11 is 0. The summed E-state index contributed by atoms with van der Waals surface area (Å²) in [6.45, 7) is 2.74. The molecule has 1 aliphatic heterocycles. The van der Waals surface area contributed by atoms with Crippen molar-refractivity contribution >= 4 is 11.5 Å². The van der Waals surface area contributed by atoms with Crippen LogP contribution in [-0.4, -0.2) is 47.6 Å². The molecular weight excluding hydrogens is 218 g/mol. The van der Waals surface area contributed by atoms with Crippen LogP contribution in [0.5, 0.6) is 0 Å². The van der Waals surface area contributed by atoms with Gasteiger partial charge >= 0.3 is 0 Å². The van der Waals surface area contributed by atoms with Gasteiger partial charge in [0.2, 0.25) is 0 Å². The molecule has 1 aliphatic rings. The Balaban J connectivity index is 1.96. The van der Waals surface area contributed by atoms with Gasteiger partial charge in [0.05, 0.1) is 11.9 Å². The Bertz CT molecular complexity index is 359. The van der Waals surface area contributed by atoms with Crippen LogP contribution in [0.3, 0.4) is 0 Å². The molecule has 0 amide bonds. The first kappa shape index (κ1) is 12.1. The number of nitrogens with one attached hydrogen (secondary N) is 1. The highest BCUT2D eigenvalue weighted by atomic mass is 16.3. The maximum atomic E-state index is 8.70. The zero-order valence-electron chi connectivity index (χ0n) is 9.84. The van der Waals surface area contributed by atoms with E-state index in [1.54, 1.807) is 6.20 Å². The molecule has 0 aromatic carbocycles. The molecule has 6 nitrogen and oxygen atoms in total. The van der Waals surface area contributed by atoms with Crippen LogP contribution in [0.15, 0.2) is 12.3 Å². The average Bonchev–Trinajstić information content (AvgIpc) is 2.77. The van der Waals surface area contributed by atoms with Gasteiger partial charge in [-0.2, -0.15) is 5.10 Å². The Hall–Kier alpha value is -1.40. The van der Waals surface area contributed by atoms with Gasteiger partial charge in [-0.3, -0.25) is 0 Å². The number of nitrogens with two attached hydrogens (primary N) is 1. The predicted octanol–water partition coefficient (Wildman–Crippen LogP) is -0.192. The quantitative estimate of drug-likeness (QED) is 0.615. The van der Waals surface area contributed by atoms with Crippen molar-refractivity contribution < 1.29 is 5.11 Å². The van der Waals surface area contributed by atoms with Crippen LogP contribution in [0.1, 0.15) is 12.8 Å². The lowest BCUT2D eigenvalue weighted by molar-refractivity contribution is 0.292. The van der Waals surface area contributed by atoms with Gasteiger partial charge in [0.1, 0.15) is 0 Å². The molecule has 6 heteroatoms. The standard InChI is InChI=1S/C11H19N5O/c12-9-2-4-16(8-9)10-6-11(15-14-7-10)13-3-1-5-17/h6-7,9,17H,1-5,8,12H2,(H,13,15)/t9-/m0/s1. The molecule has 4 N–H and O–H groups in total. The van der Waals surface area contributed by atoms with Gasteiger partial charge in [0.25, 0.3) is 0 Å². The average molecular weight is 237 g/mol. The van der Waals surface area contributed by atoms with E-state index in [2.05, 4.69) is 20.4 Å². The highest BCUT2D eigenvalue weighted by Gasteiger charge is 2.19. The molecule has 0 aliphatic carbocycles. The number of aliphatic hydroxyl groups is 1. The van der Waals surface area contributed by atoms with E-state index < -0.39 is 0 Å². The fourth-order valence-electron chi connectivity index (χ4n) is 1.93. The van der Waals surface area contributed by atoms with Crippen molar-refractivity contribution in [1.29, 1.82) is 0 Å². The van der Waals surface area contributed by atoms with E-state index in [1.807, 2.05) is 6.07 Å². The molecule has 0 unspecified atom stereocenters. The number of hydrogen-bond acceptors (Lipinski definition) is 6. The second-order valence-corrected chi connectivity index (χ2v) is 4.30. The highest BCUT2D eigenvalue weighted by molar-refractivity contribution is 5.52. The minimum Gasteiger partial charge on any atom is -0.396 e. The Morgan fingerprint density at radius 2 is 2.47 bits per heavy atom. The van der Waals surface area contributed by atoms with E-state index in [1.165, 1.54) is 0 Å². The van der Waals surface area contributed by atoms with Crippen LogP contribution in [-0.2, 0) is 0 Å². The number of rotatable bonds is 5. The van der Waals surface area contributed by atoms with E-state index in [0.717, 1.165) is 31.0 Å². The largest absolute Gasteiger partial charge is 0.396 e. The SMILES string of the molecule is N[C@H]1CCN(c2cnnc(NCCCO)c2)C1. The number of aromatic nitrogens is 2. The van der Waals surface area contributed by atoms with Gasteiger partial charge in [-0.15, -0.1) is 5.10 Å². The first-order chi connectivity index (χ1) is 8.29. The smallest absolute Gasteiger partial charge is 0.150 e. The van der Waals surface area contributed by atoms with Crippen molar-refractivity contribution in [2.45, 2.75) is 18.9 Å². The lowest BCUT2D eigenvalue weighted by Crippen LogP contribution is -2.26. The van der Waals surface area contributed by atoms with Gasteiger partial charge in [-0.1, -0.05) is 0 Å². The molecule has 17 heavy (non-hydrogen) atoms. The topological polar surface area (TPSA) is 87.3 Å². The third-order valence-corrected chi connectivity index (χ3v) is 2.87. The Morgan fingerprint density at radius 1 is 1.59 bits per heavy atom. The molecule has 0 spiro atoms. The molecule has 1 aromatic heterocycles. The van der Waals surface area contributed by atoms with Crippen molar-refractivity contribution in [3.63, 3.8) is 0 Å². The van der Waals surface area contributed by atoms with Gasteiger partial charge in [0, 0.05) is 38.3 Å². The maximum absolute atomic E-state index is 8.70. The number of hydrogen-bond donors (Lipinski definition) is 3. The monoisotopic (exact) mass is 237 g/mol. The summed E-state index contributed by atoms with van der Waals surface area (Å²) < 4.78 is 0. The van der Waals surface area contributed by atoms with Crippen LogP contribution in [0.4, 0.5) is 11.5 Å². The van der Waals surface area contributed by atoms with E-state index >= 15 is 0 Å². The third-order valence-electron chi connectivity index (χ3n) is 2.87. The molecule has 2 heterocycles. The fraction of sp³-hybridized carbons (Fsp3) is 0.636. The molecule has 0 radical (unpaired) electrons. The summed E-state index contributed by atoms with van der Waals surface area (Å²) in [6, 6.07) is 2.23. The summed E-state index contributed by atoms with van der Waals surface area (Å²) in [5.74, 6) is 0.747. The Morgan fingerprint density at radius 3 is 3.18 bits per heavy atom. The van der Waals surface area contributed by atoms with Crippen molar-refractivity contribution in [3.05, 3.63) is 12.3 Å². The minimum absolute atomic E-state index is 0.182. The lowest BCUT2D eigenvalue weighted by atomic mass is 10.3. The van der Waals surface area contributed by atoms with Gasteiger partial charge in [-0.25, -0.2) is 0 Å². The van der Waals surface area contributed by atoms with E-state index in [-0.39, 0.29) is 12.6 Å². The summed E-state index contributed by atoms with van der Waals surface area (Å²) in [7, 11) is 0. The summed E-state index contributed by atoms with van der Waals surface area (Å²) in [6.07, 6.45) is 3.49. The van der Waals surface area contributed by atoms with Crippen molar-refractivity contribution in [2.75, 3.05) is 36.5 Å². The van der Waals surface area contributed by atoms with Gasteiger partial charge in [-0.05, 0) is 12.8 Å². The van der Waals surface area contributed by atoms with Crippen LogP contribution in [0.2, 0.25) is 0 Å². The normalized spacial score (nSPS) is 19.6. The first-order valence-corrected chi connectivity index (χ1v) is 5.97. The molecule has 0 bridgehead atoms. The van der Waals surface area contributed by atoms with Crippen molar-refractivity contribution in [1.82, 2.24) is 10.2 Å². The van der Waals surface area contributed by atoms with Gasteiger partial charge < -0.3 is 21.1 Å². The summed E-state index contributed by atoms with van der Waals surface area (Å²) in [5.41, 5.74) is 6.93. The van der Waals surface area contributed by atoms with Gasteiger partial charge in [0.15, 0.2) is 5.82 Å². The third kappa shape index (κ3) is 3.28. The Labute approximate surface area is 101 Å². The molecule has 1 saturated heterocycles. The molecule has 0 saturated carbocycles. The number of anilines is 2. The number of nitrogens with zero attached hydrogens (tertiary/aromatic N) is 3. The molecule has 94 valence electrons. The summed E-state index contributed by atoms with van der Waals surface area (Å²) in [4.78, 5) is 2.22. The van der Waals surface area contributed by atoms with Crippen LogP contribution in [0, 0.1) is 0 Å². The minimum atomic E-state index is 0.182. The zero-order valence-corrected chi connectivity index (χ0v) is 9.84. The predicted molar refractivity (Wildman–Crippen MR) is 67.0 cm³/mol. The van der Waals surface area contributed by atoms with Crippen molar-refractivity contribution in [2.24, 2.45) is 5.73 Å². The molecule has 1 fully saturated rings. The second-order valence-electron chi connectivity index (χ2n) is 4.30. The Kier molecular flexibility index (Phi) is 4.11. The first-order valence-electron chi connectivity index (χ1n) is 5.97. The van der Waals surface area contributed by atoms with Crippen LogP contribution >= 0.6 is 0 Å². The van der Waals surface area contributed by atoms with E-state index in [0.29, 0.717) is 13.0 Å². The number of aliphatic hydroxyl groups excluding tert-OH is 1. The lowest BCUT2D eigenvalue weighted by Gasteiger charge is -2.17. The molecule has 1 aromatic rings. The highest BCUT2D eigenvalue weighted by Crippen LogP contribution is 2.20. The van der Waals surface area contributed by atoms with Crippen LogP contribution in [0.25, 0.3) is 0 Å². The second kappa shape index (κ2) is 5.79. The fourth-order valence-corrected chi connectivity index (χ4v) is 1.93. The molecule has 1 atom stereocenters. The maximum Gasteiger partial charge on any atom is 0.150 e. The van der Waals surface area contributed by atoms with Crippen LogP contribution < -0.4 is 16.0 Å².